The average molecular weight is 247 g/mol. The summed E-state index contributed by atoms with van der Waals surface area (Å²) in [6.07, 6.45) is 3.47. The first-order valence-electron chi connectivity index (χ1n) is 6.65. The Morgan fingerprint density at radius 1 is 1.17 bits per heavy atom. The summed E-state index contributed by atoms with van der Waals surface area (Å²) in [5.74, 6) is 0.210. The molecule has 2 fully saturated rings. The number of ketones is 1. The van der Waals surface area contributed by atoms with E-state index < -0.39 is 0 Å². The van der Waals surface area contributed by atoms with Crippen LogP contribution in [0.5, 0.6) is 0 Å². The Morgan fingerprint density at radius 3 is 2.39 bits per heavy atom. The number of piperidine rings is 1. The summed E-state index contributed by atoms with van der Waals surface area (Å²) >= 11 is 0. The molecule has 96 valence electrons. The number of likely N-dealkylation sites (tertiary alicyclic amines) is 1. The molecule has 2 aliphatic rings. The van der Waals surface area contributed by atoms with Gasteiger partial charge in [0, 0.05) is 31.5 Å². The zero-order valence-corrected chi connectivity index (χ0v) is 10.7. The van der Waals surface area contributed by atoms with E-state index in [4.69, 9.17) is 0 Å². The van der Waals surface area contributed by atoms with Crippen LogP contribution in [0.15, 0.2) is 18.2 Å². The minimum absolute atomic E-state index is 0.0214. The van der Waals surface area contributed by atoms with Gasteiger partial charge in [0.25, 0.3) is 0 Å². The van der Waals surface area contributed by atoms with E-state index in [0.29, 0.717) is 18.6 Å². The molecule has 1 saturated carbocycles. The number of carbonyl (C=O) groups is 1. The van der Waals surface area contributed by atoms with Crippen molar-refractivity contribution < 1.29 is 9.18 Å². The summed E-state index contributed by atoms with van der Waals surface area (Å²) in [5.41, 5.74) is 2.09. The highest BCUT2D eigenvalue weighted by atomic mass is 19.1. The maximum Gasteiger partial charge on any atom is 0.135 e. The van der Waals surface area contributed by atoms with Gasteiger partial charge in [0.1, 0.15) is 11.6 Å². The second-order valence-corrected chi connectivity index (χ2v) is 5.57. The Morgan fingerprint density at radius 2 is 1.83 bits per heavy atom. The number of benzene rings is 1. The summed E-state index contributed by atoms with van der Waals surface area (Å²) in [6, 6.07) is 5.32. The van der Waals surface area contributed by atoms with Crippen molar-refractivity contribution in [3.8, 4) is 0 Å². The fraction of sp³-hybridized carbons (Fsp3) is 0.533. The van der Waals surface area contributed by atoms with Crippen molar-refractivity contribution in [1.29, 1.82) is 0 Å². The van der Waals surface area contributed by atoms with Gasteiger partial charge in [0.05, 0.1) is 0 Å². The molecule has 1 heterocycles. The van der Waals surface area contributed by atoms with Crippen LogP contribution in [0.1, 0.15) is 36.8 Å². The van der Waals surface area contributed by atoms with Gasteiger partial charge in [-0.15, -0.1) is 0 Å². The molecular weight excluding hydrogens is 229 g/mol. The lowest BCUT2D eigenvalue weighted by molar-refractivity contribution is -0.122. The number of hydrogen-bond acceptors (Lipinski definition) is 2. The maximum absolute atomic E-state index is 13.5. The molecule has 0 radical (unpaired) electrons. The Labute approximate surface area is 107 Å². The second kappa shape index (κ2) is 4.16. The molecule has 0 spiro atoms. The number of Topliss-reactive ketones (excluding diaryl/α,β-unsaturated/α-hetero) is 1. The molecule has 1 saturated heterocycles. The fourth-order valence-electron chi connectivity index (χ4n) is 3.10. The molecule has 0 unspecified atom stereocenters. The number of rotatable bonds is 2. The van der Waals surface area contributed by atoms with E-state index in [1.165, 1.54) is 0 Å². The smallest absolute Gasteiger partial charge is 0.135 e. The number of hydrogen-bond donors (Lipinski definition) is 0. The van der Waals surface area contributed by atoms with Crippen LogP contribution < -0.4 is 0 Å². The van der Waals surface area contributed by atoms with E-state index in [1.54, 1.807) is 12.1 Å². The van der Waals surface area contributed by atoms with E-state index in [-0.39, 0.29) is 11.4 Å². The summed E-state index contributed by atoms with van der Waals surface area (Å²) in [6.45, 7) is 3.59. The third-order valence-electron chi connectivity index (χ3n) is 4.23. The molecule has 1 aliphatic heterocycles. The summed E-state index contributed by atoms with van der Waals surface area (Å²) in [5, 5.41) is 0. The van der Waals surface area contributed by atoms with Crippen molar-refractivity contribution >= 4 is 5.78 Å². The van der Waals surface area contributed by atoms with Gasteiger partial charge in [-0.05, 0) is 43.0 Å². The standard InChI is InChI=1S/C15H18FNO/c1-11-8-12(10-13(16)9-11)15(4-5-15)17-6-2-14(18)3-7-17/h8-10H,2-7H2,1H3. The highest BCUT2D eigenvalue weighted by Gasteiger charge is 2.50. The van der Waals surface area contributed by atoms with Gasteiger partial charge in [-0.1, -0.05) is 6.07 Å². The first kappa shape index (κ1) is 11.8. The normalized spacial score (nSPS) is 23.1. The summed E-state index contributed by atoms with van der Waals surface area (Å²) < 4.78 is 13.5. The van der Waals surface area contributed by atoms with Crippen LogP contribution in [0.2, 0.25) is 0 Å². The van der Waals surface area contributed by atoms with E-state index in [0.717, 1.165) is 37.1 Å². The Balaban J connectivity index is 1.88. The van der Waals surface area contributed by atoms with Gasteiger partial charge in [-0.3, -0.25) is 9.69 Å². The van der Waals surface area contributed by atoms with Crippen LogP contribution in [-0.2, 0) is 10.3 Å². The van der Waals surface area contributed by atoms with Gasteiger partial charge < -0.3 is 0 Å². The van der Waals surface area contributed by atoms with Gasteiger partial charge in [0.15, 0.2) is 0 Å². The molecule has 3 heteroatoms. The van der Waals surface area contributed by atoms with Crippen molar-refractivity contribution in [2.75, 3.05) is 13.1 Å². The van der Waals surface area contributed by atoms with Crippen molar-refractivity contribution in [2.45, 2.75) is 38.1 Å². The average Bonchev–Trinajstić information content (AvgIpc) is 3.10. The molecule has 1 aliphatic carbocycles. The van der Waals surface area contributed by atoms with Crippen molar-refractivity contribution in [1.82, 2.24) is 4.90 Å². The molecule has 1 aromatic carbocycles. The van der Waals surface area contributed by atoms with E-state index in [1.807, 2.05) is 6.92 Å². The van der Waals surface area contributed by atoms with Crippen LogP contribution in [0.3, 0.4) is 0 Å². The number of nitrogens with zero attached hydrogens (tertiary/aromatic N) is 1. The molecule has 0 atom stereocenters. The lowest BCUT2D eigenvalue weighted by Crippen LogP contribution is -2.41. The van der Waals surface area contributed by atoms with Crippen molar-refractivity contribution in [3.05, 3.63) is 35.1 Å². The highest BCUT2D eigenvalue weighted by Crippen LogP contribution is 2.51. The van der Waals surface area contributed by atoms with Crippen molar-refractivity contribution in [3.63, 3.8) is 0 Å². The number of carbonyl (C=O) groups excluding carboxylic acids is 1. The van der Waals surface area contributed by atoms with Crippen LogP contribution in [0.4, 0.5) is 4.39 Å². The SMILES string of the molecule is Cc1cc(F)cc(C2(N3CCC(=O)CC3)CC2)c1. The maximum atomic E-state index is 13.5. The molecule has 0 N–H and O–H groups in total. The van der Waals surface area contributed by atoms with E-state index >= 15 is 0 Å². The van der Waals surface area contributed by atoms with E-state index in [9.17, 15) is 9.18 Å². The Kier molecular flexibility index (Phi) is 2.74. The van der Waals surface area contributed by atoms with Crippen molar-refractivity contribution in [2.24, 2.45) is 0 Å². The Hall–Kier alpha value is -1.22. The predicted molar refractivity (Wildman–Crippen MR) is 67.9 cm³/mol. The molecule has 0 amide bonds. The van der Waals surface area contributed by atoms with E-state index in [2.05, 4.69) is 11.0 Å². The third kappa shape index (κ3) is 1.97. The lowest BCUT2D eigenvalue weighted by Gasteiger charge is -2.35. The van der Waals surface area contributed by atoms with Gasteiger partial charge in [-0.2, -0.15) is 0 Å². The van der Waals surface area contributed by atoms with Gasteiger partial charge in [0.2, 0.25) is 0 Å². The minimum Gasteiger partial charge on any atom is -0.300 e. The summed E-state index contributed by atoms with van der Waals surface area (Å²) in [7, 11) is 0. The molecule has 0 aromatic heterocycles. The highest BCUT2D eigenvalue weighted by molar-refractivity contribution is 5.79. The monoisotopic (exact) mass is 247 g/mol. The lowest BCUT2D eigenvalue weighted by atomic mass is 9.97. The largest absolute Gasteiger partial charge is 0.300 e. The molecule has 2 nitrogen and oxygen atoms in total. The first-order valence-corrected chi connectivity index (χ1v) is 6.65. The van der Waals surface area contributed by atoms with Crippen LogP contribution in [-0.4, -0.2) is 23.8 Å². The quantitative estimate of drug-likeness (QED) is 0.801. The Bertz CT molecular complexity index is 463. The topological polar surface area (TPSA) is 20.3 Å². The zero-order chi connectivity index (χ0) is 12.8. The van der Waals surface area contributed by atoms with Crippen LogP contribution >= 0.6 is 0 Å². The molecular formula is C15H18FNO. The molecule has 1 aromatic rings. The molecule has 0 bridgehead atoms. The third-order valence-corrected chi connectivity index (χ3v) is 4.23. The number of aryl methyl sites for hydroxylation is 1. The molecule has 3 rings (SSSR count). The predicted octanol–water partition coefficient (Wildman–Crippen LogP) is 2.79. The van der Waals surface area contributed by atoms with Crippen LogP contribution in [0, 0.1) is 12.7 Å². The minimum atomic E-state index is -0.149. The van der Waals surface area contributed by atoms with Gasteiger partial charge in [-0.25, -0.2) is 4.39 Å². The van der Waals surface area contributed by atoms with Crippen LogP contribution in [0.25, 0.3) is 0 Å². The van der Waals surface area contributed by atoms with Gasteiger partial charge >= 0.3 is 0 Å². The number of halogens is 1. The first-order chi connectivity index (χ1) is 8.60. The summed E-state index contributed by atoms with van der Waals surface area (Å²) in [4.78, 5) is 13.7. The fourth-order valence-corrected chi connectivity index (χ4v) is 3.10. The second-order valence-electron chi connectivity index (χ2n) is 5.57. The molecule has 18 heavy (non-hydrogen) atoms. The zero-order valence-electron chi connectivity index (χ0n) is 10.7.